The van der Waals surface area contributed by atoms with E-state index in [2.05, 4.69) is 14.9 Å². The van der Waals surface area contributed by atoms with Gasteiger partial charge in [-0.1, -0.05) is 12.1 Å². The van der Waals surface area contributed by atoms with Crippen LogP contribution in [-0.2, 0) is 12.6 Å². The summed E-state index contributed by atoms with van der Waals surface area (Å²) in [6, 6.07) is 7.55. The lowest BCUT2D eigenvalue weighted by Gasteiger charge is -2.31. The first-order valence-electron chi connectivity index (χ1n) is 10.2. The first kappa shape index (κ1) is 19.1. The summed E-state index contributed by atoms with van der Waals surface area (Å²) < 4.78 is 40.1. The molecule has 0 bridgehead atoms. The number of benzene rings is 1. The largest absolute Gasteiger partial charge is 0.416 e. The second kappa shape index (κ2) is 7.43. The summed E-state index contributed by atoms with van der Waals surface area (Å²) in [6.45, 7) is 2.78. The molecule has 4 aromatic rings. The molecule has 0 spiro atoms. The van der Waals surface area contributed by atoms with E-state index in [4.69, 9.17) is 4.98 Å². The van der Waals surface area contributed by atoms with E-state index in [1.807, 2.05) is 23.0 Å². The second-order valence-corrected chi connectivity index (χ2v) is 7.93. The Labute approximate surface area is 171 Å². The van der Waals surface area contributed by atoms with Crippen molar-refractivity contribution < 1.29 is 13.2 Å². The Balaban J connectivity index is 1.22. The van der Waals surface area contributed by atoms with Gasteiger partial charge in [0, 0.05) is 24.0 Å². The average molecular weight is 413 g/mol. The number of H-pyrrole nitrogens is 1. The van der Waals surface area contributed by atoms with Crippen molar-refractivity contribution in [3.63, 3.8) is 0 Å². The van der Waals surface area contributed by atoms with Gasteiger partial charge in [-0.2, -0.15) is 13.2 Å². The Morgan fingerprint density at radius 3 is 2.47 bits per heavy atom. The number of aromatic amines is 1. The third-order valence-electron chi connectivity index (χ3n) is 6.09. The average Bonchev–Trinajstić information content (AvgIpc) is 3.38. The van der Waals surface area contributed by atoms with Crippen molar-refractivity contribution in [1.29, 1.82) is 0 Å². The molecule has 1 N–H and O–H groups in total. The number of imidazole rings is 1. The molecule has 1 saturated heterocycles. The van der Waals surface area contributed by atoms with Crippen molar-refractivity contribution in [3.05, 3.63) is 66.0 Å². The minimum absolute atomic E-state index is 0.401. The lowest BCUT2D eigenvalue weighted by atomic mass is 9.92. The van der Waals surface area contributed by atoms with Crippen LogP contribution in [-0.4, -0.2) is 43.9 Å². The molecule has 156 valence electrons. The molecule has 5 nitrogen and oxygen atoms in total. The molecule has 0 unspecified atom stereocenters. The van der Waals surface area contributed by atoms with E-state index in [9.17, 15) is 13.2 Å². The lowest BCUT2D eigenvalue weighted by Crippen LogP contribution is -2.34. The number of likely N-dealkylation sites (tertiary alicyclic amines) is 1. The van der Waals surface area contributed by atoms with E-state index in [0.717, 1.165) is 66.7 Å². The van der Waals surface area contributed by atoms with Gasteiger partial charge in [0.25, 0.3) is 0 Å². The fraction of sp³-hybridized carbons (Fsp3) is 0.364. The van der Waals surface area contributed by atoms with E-state index >= 15 is 0 Å². The topological polar surface area (TPSA) is 49.2 Å². The molecule has 0 aliphatic carbocycles. The first-order valence-corrected chi connectivity index (χ1v) is 10.2. The van der Waals surface area contributed by atoms with Crippen LogP contribution in [0.15, 0.2) is 49.2 Å². The van der Waals surface area contributed by atoms with Gasteiger partial charge in [-0.3, -0.25) is 4.40 Å². The minimum atomic E-state index is -4.28. The molecule has 4 heterocycles. The van der Waals surface area contributed by atoms with Crippen LogP contribution < -0.4 is 0 Å². The normalized spacial score (nSPS) is 16.6. The second-order valence-electron chi connectivity index (χ2n) is 7.93. The van der Waals surface area contributed by atoms with E-state index in [1.54, 1.807) is 18.5 Å². The van der Waals surface area contributed by atoms with Crippen LogP contribution in [0.25, 0.3) is 16.6 Å². The standard InChI is InChI=1S/C22H22F3N5/c23-22(24,25)17-3-1-15(2-4-17)6-10-29-11-7-16(8-12-29)19-20-18-5-9-26-21(18)28-14-30(20)13-27-19/h1-5,9,13-14,16,26H,6-8,10-12H2. The highest BCUT2D eigenvalue weighted by Crippen LogP contribution is 2.33. The van der Waals surface area contributed by atoms with Gasteiger partial charge in [-0.15, -0.1) is 0 Å². The van der Waals surface area contributed by atoms with Gasteiger partial charge in [-0.05, 0) is 56.1 Å². The molecule has 0 radical (unpaired) electrons. The summed E-state index contributed by atoms with van der Waals surface area (Å²) in [5.74, 6) is 0.401. The number of hydrogen-bond acceptors (Lipinski definition) is 3. The van der Waals surface area contributed by atoms with Gasteiger partial charge in [0.1, 0.15) is 18.3 Å². The molecule has 8 heteroatoms. The molecule has 5 rings (SSSR count). The van der Waals surface area contributed by atoms with E-state index in [-0.39, 0.29) is 0 Å². The van der Waals surface area contributed by atoms with Crippen molar-refractivity contribution in [2.75, 3.05) is 19.6 Å². The molecule has 0 amide bonds. The molecule has 1 fully saturated rings. The molecule has 1 aliphatic rings. The van der Waals surface area contributed by atoms with Crippen molar-refractivity contribution in [2.45, 2.75) is 31.4 Å². The third kappa shape index (κ3) is 3.56. The number of hydrogen-bond donors (Lipinski definition) is 1. The Bertz CT molecular complexity index is 1150. The Kier molecular flexibility index (Phi) is 4.73. The fourth-order valence-corrected chi connectivity index (χ4v) is 4.39. The number of nitrogens with zero attached hydrogens (tertiary/aromatic N) is 4. The Hall–Kier alpha value is -2.87. The summed E-state index contributed by atoms with van der Waals surface area (Å²) in [7, 11) is 0. The predicted octanol–water partition coefficient (Wildman–Crippen LogP) is 4.65. The summed E-state index contributed by atoms with van der Waals surface area (Å²) in [5.41, 5.74) is 3.48. The number of alkyl halides is 3. The van der Waals surface area contributed by atoms with Crippen LogP contribution in [0.1, 0.15) is 35.6 Å². The number of rotatable bonds is 4. The van der Waals surface area contributed by atoms with Gasteiger partial charge in [0.2, 0.25) is 0 Å². The van der Waals surface area contributed by atoms with Gasteiger partial charge in [-0.25, -0.2) is 9.97 Å². The first-order chi connectivity index (χ1) is 14.5. The Morgan fingerprint density at radius 1 is 1.00 bits per heavy atom. The summed E-state index contributed by atoms with van der Waals surface area (Å²) in [4.78, 5) is 14.7. The van der Waals surface area contributed by atoms with Gasteiger partial charge in [0.15, 0.2) is 0 Å². The molecule has 3 aromatic heterocycles. The number of fused-ring (bicyclic) bond motifs is 3. The maximum absolute atomic E-state index is 12.7. The Morgan fingerprint density at radius 2 is 1.73 bits per heavy atom. The van der Waals surface area contributed by atoms with Crippen LogP contribution in [0.5, 0.6) is 0 Å². The summed E-state index contributed by atoms with van der Waals surface area (Å²) in [6.07, 6.45) is 4.05. The van der Waals surface area contributed by atoms with E-state index in [0.29, 0.717) is 5.92 Å². The lowest BCUT2D eigenvalue weighted by molar-refractivity contribution is -0.137. The monoisotopic (exact) mass is 413 g/mol. The maximum atomic E-state index is 12.7. The molecule has 1 aliphatic heterocycles. The molecule has 30 heavy (non-hydrogen) atoms. The fourth-order valence-electron chi connectivity index (χ4n) is 4.39. The SMILES string of the molecule is FC(F)(F)c1ccc(CCN2CCC(c3ncn4cnc5[nH]ccc5c34)CC2)cc1. The zero-order valence-electron chi connectivity index (χ0n) is 16.4. The summed E-state index contributed by atoms with van der Waals surface area (Å²) in [5, 5.41) is 1.09. The molecular weight excluding hydrogens is 391 g/mol. The van der Waals surface area contributed by atoms with Crippen LogP contribution in [0, 0.1) is 0 Å². The van der Waals surface area contributed by atoms with Crippen molar-refractivity contribution in [1.82, 2.24) is 24.3 Å². The van der Waals surface area contributed by atoms with Crippen LogP contribution >= 0.6 is 0 Å². The highest BCUT2D eigenvalue weighted by atomic mass is 19.4. The molecule has 0 saturated carbocycles. The van der Waals surface area contributed by atoms with Crippen LogP contribution in [0.2, 0.25) is 0 Å². The van der Waals surface area contributed by atoms with Gasteiger partial charge < -0.3 is 9.88 Å². The van der Waals surface area contributed by atoms with E-state index in [1.165, 1.54) is 12.1 Å². The molecule has 0 atom stereocenters. The minimum Gasteiger partial charge on any atom is -0.346 e. The van der Waals surface area contributed by atoms with Crippen molar-refractivity contribution >= 4 is 16.6 Å². The molecule has 1 aromatic carbocycles. The number of nitrogens with one attached hydrogen (secondary N) is 1. The number of piperidine rings is 1. The van der Waals surface area contributed by atoms with Crippen molar-refractivity contribution in [3.8, 4) is 0 Å². The smallest absolute Gasteiger partial charge is 0.346 e. The summed E-state index contributed by atoms with van der Waals surface area (Å²) >= 11 is 0. The number of halogens is 3. The molecular formula is C22H22F3N5. The highest BCUT2D eigenvalue weighted by molar-refractivity contribution is 5.93. The van der Waals surface area contributed by atoms with Crippen LogP contribution in [0.3, 0.4) is 0 Å². The number of aromatic nitrogens is 4. The van der Waals surface area contributed by atoms with E-state index < -0.39 is 11.7 Å². The van der Waals surface area contributed by atoms with Crippen LogP contribution in [0.4, 0.5) is 13.2 Å². The van der Waals surface area contributed by atoms with Crippen molar-refractivity contribution in [2.24, 2.45) is 0 Å². The maximum Gasteiger partial charge on any atom is 0.416 e. The quantitative estimate of drug-likeness (QED) is 0.530. The zero-order chi connectivity index (χ0) is 20.7. The zero-order valence-corrected chi connectivity index (χ0v) is 16.4. The van der Waals surface area contributed by atoms with Gasteiger partial charge >= 0.3 is 6.18 Å². The third-order valence-corrected chi connectivity index (χ3v) is 6.09. The predicted molar refractivity (Wildman–Crippen MR) is 108 cm³/mol. The highest BCUT2D eigenvalue weighted by Gasteiger charge is 2.30. The van der Waals surface area contributed by atoms with Gasteiger partial charge in [0.05, 0.1) is 16.8 Å².